The lowest BCUT2D eigenvalue weighted by Gasteiger charge is -1.90. The van der Waals surface area contributed by atoms with Crippen molar-refractivity contribution in [3.05, 3.63) is 0 Å². The van der Waals surface area contributed by atoms with E-state index in [1.54, 1.807) is 11.0 Å². The third-order valence-corrected chi connectivity index (χ3v) is 0.216. The van der Waals surface area contributed by atoms with Gasteiger partial charge < -0.3 is 0 Å². The molecule has 0 saturated heterocycles. The summed E-state index contributed by atoms with van der Waals surface area (Å²) in [4.78, 5) is 7.56. The SMILES string of the molecule is N#CNOONC#N. The first-order chi connectivity index (χ1) is 3.91. The van der Waals surface area contributed by atoms with Crippen LogP contribution in [0.1, 0.15) is 0 Å². The molecule has 0 spiro atoms. The van der Waals surface area contributed by atoms with Crippen molar-refractivity contribution in [2.45, 2.75) is 0 Å². The average Bonchev–Trinajstić information content (AvgIpc) is 1.81. The lowest BCUT2D eigenvalue weighted by Crippen LogP contribution is -2.14. The maximum atomic E-state index is 7.69. The summed E-state index contributed by atoms with van der Waals surface area (Å²) in [5, 5.41) is 15.4. The van der Waals surface area contributed by atoms with Gasteiger partial charge in [-0.1, -0.05) is 9.98 Å². The number of nitrogens with zero attached hydrogens (tertiary/aromatic N) is 2. The number of hydroxylamine groups is 2. The zero-order valence-electron chi connectivity index (χ0n) is 3.71. The van der Waals surface area contributed by atoms with E-state index in [9.17, 15) is 0 Å². The standard InChI is InChI=1S/C2H2N4O2/c3-1-5-7-8-6-2-4/h5-6H. The third kappa shape index (κ3) is 4.50. The predicted octanol–water partition coefficient (Wildman–Crippen LogP) is -1.09. The monoisotopic (exact) mass is 114 g/mol. The van der Waals surface area contributed by atoms with Crippen molar-refractivity contribution in [3.63, 3.8) is 0 Å². The maximum absolute atomic E-state index is 7.69. The van der Waals surface area contributed by atoms with Gasteiger partial charge in [0.25, 0.3) is 0 Å². The summed E-state index contributed by atoms with van der Waals surface area (Å²) in [6.07, 6.45) is 2.76. The molecule has 0 aromatic carbocycles. The van der Waals surface area contributed by atoms with E-state index in [-0.39, 0.29) is 0 Å². The molecule has 0 aromatic rings. The molecular weight excluding hydrogens is 112 g/mol. The van der Waals surface area contributed by atoms with E-state index < -0.39 is 0 Å². The number of nitriles is 2. The smallest absolute Gasteiger partial charge is 0.171 e. The number of hydrogen-bond acceptors (Lipinski definition) is 6. The number of hydrogen-bond donors (Lipinski definition) is 2. The Kier molecular flexibility index (Phi) is 4.47. The molecule has 8 heavy (non-hydrogen) atoms. The van der Waals surface area contributed by atoms with E-state index in [1.807, 2.05) is 0 Å². The topological polar surface area (TPSA) is 90.1 Å². The second-order valence-electron chi connectivity index (χ2n) is 0.594. The lowest BCUT2D eigenvalue weighted by molar-refractivity contribution is -0.353. The van der Waals surface area contributed by atoms with Crippen LogP contribution in [-0.2, 0) is 9.98 Å². The fourth-order valence-electron chi connectivity index (χ4n) is 0.0789. The summed E-state index contributed by atoms with van der Waals surface area (Å²) in [6.45, 7) is 0. The second kappa shape index (κ2) is 5.50. The summed E-state index contributed by atoms with van der Waals surface area (Å²) in [7, 11) is 0. The molecule has 0 aliphatic carbocycles. The van der Waals surface area contributed by atoms with E-state index in [2.05, 4.69) is 9.98 Å². The molecule has 0 fully saturated rings. The van der Waals surface area contributed by atoms with Crippen LogP contribution in [0.25, 0.3) is 0 Å². The molecule has 0 aromatic heterocycles. The molecule has 0 bridgehead atoms. The number of nitrogens with one attached hydrogen (secondary N) is 2. The van der Waals surface area contributed by atoms with Gasteiger partial charge in [0.15, 0.2) is 0 Å². The summed E-state index contributed by atoms with van der Waals surface area (Å²) in [5.74, 6) is 0. The Balaban J connectivity index is 2.77. The highest BCUT2D eigenvalue weighted by molar-refractivity contribution is 4.53. The van der Waals surface area contributed by atoms with Crippen LogP contribution in [-0.4, -0.2) is 0 Å². The highest BCUT2D eigenvalue weighted by Crippen LogP contribution is 1.58. The van der Waals surface area contributed by atoms with Crippen molar-refractivity contribution >= 4 is 0 Å². The fraction of sp³-hybridized carbons (Fsp3) is 0. The van der Waals surface area contributed by atoms with Crippen LogP contribution in [0.15, 0.2) is 0 Å². The Labute approximate surface area is 45.1 Å². The van der Waals surface area contributed by atoms with Gasteiger partial charge in [0.1, 0.15) is 0 Å². The van der Waals surface area contributed by atoms with Crippen LogP contribution >= 0.6 is 0 Å². The molecule has 0 aliphatic heterocycles. The first-order valence-electron chi connectivity index (χ1n) is 1.52. The van der Waals surface area contributed by atoms with Crippen LogP contribution in [0.3, 0.4) is 0 Å². The van der Waals surface area contributed by atoms with Crippen molar-refractivity contribution in [1.82, 2.24) is 11.0 Å². The van der Waals surface area contributed by atoms with Crippen molar-refractivity contribution in [3.8, 4) is 12.4 Å². The first-order valence-corrected chi connectivity index (χ1v) is 1.52. The normalized spacial score (nSPS) is 6.25. The molecule has 0 aliphatic rings. The molecule has 0 unspecified atom stereocenters. The van der Waals surface area contributed by atoms with Gasteiger partial charge in [-0.05, 0) is 0 Å². The predicted molar refractivity (Wildman–Crippen MR) is 19.7 cm³/mol. The van der Waals surface area contributed by atoms with E-state index in [4.69, 9.17) is 10.5 Å². The highest BCUT2D eigenvalue weighted by Gasteiger charge is 1.76. The van der Waals surface area contributed by atoms with Gasteiger partial charge in [-0.2, -0.15) is 21.5 Å². The van der Waals surface area contributed by atoms with Gasteiger partial charge in [0.05, 0.1) is 0 Å². The highest BCUT2D eigenvalue weighted by atomic mass is 17.3. The Morgan fingerprint density at radius 2 is 1.38 bits per heavy atom. The molecule has 6 heteroatoms. The molecule has 2 N–H and O–H groups in total. The zero-order valence-corrected chi connectivity index (χ0v) is 3.71. The summed E-state index contributed by atoms with van der Waals surface area (Å²) >= 11 is 0. The van der Waals surface area contributed by atoms with Crippen LogP contribution in [0.2, 0.25) is 0 Å². The van der Waals surface area contributed by atoms with E-state index in [0.29, 0.717) is 0 Å². The van der Waals surface area contributed by atoms with E-state index in [1.165, 1.54) is 12.4 Å². The Hall–Kier alpha value is -1.50. The van der Waals surface area contributed by atoms with Crippen LogP contribution in [0, 0.1) is 22.9 Å². The molecule has 6 nitrogen and oxygen atoms in total. The largest absolute Gasteiger partial charge is 0.205 e. The van der Waals surface area contributed by atoms with E-state index >= 15 is 0 Å². The molecule has 0 saturated carbocycles. The van der Waals surface area contributed by atoms with Crippen molar-refractivity contribution < 1.29 is 9.98 Å². The van der Waals surface area contributed by atoms with Gasteiger partial charge in [-0.15, -0.1) is 0 Å². The van der Waals surface area contributed by atoms with Crippen molar-refractivity contribution in [2.75, 3.05) is 0 Å². The average molecular weight is 114 g/mol. The molecular formula is C2H2N4O2. The number of rotatable bonds is 3. The minimum Gasteiger partial charge on any atom is -0.171 e. The third-order valence-electron chi connectivity index (χ3n) is 0.216. The van der Waals surface area contributed by atoms with E-state index in [0.717, 1.165) is 0 Å². The van der Waals surface area contributed by atoms with Gasteiger partial charge in [-0.3, -0.25) is 0 Å². The Bertz CT molecular complexity index is 105. The minimum absolute atomic E-state index is 1.38. The molecule has 0 heterocycles. The van der Waals surface area contributed by atoms with Crippen molar-refractivity contribution in [1.29, 1.82) is 10.5 Å². The summed E-state index contributed by atoms with van der Waals surface area (Å²) < 4.78 is 0. The molecule has 0 amide bonds. The minimum atomic E-state index is 1.38. The quantitative estimate of drug-likeness (QED) is 0.159. The Morgan fingerprint density at radius 1 is 1.00 bits per heavy atom. The van der Waals surface area contributed by atoms with Gasteiger partial charge >= 0.3 is 0 Å². The molecule has 0 radical (unpaired) electrons. The first kappa shape index (κ1) is 6.50. The Morgan fingerprint density at radius 3 is 1.62 bits per heavy atom. The van der Waals surface area contributed by atoms with Crippen LogP contribution < -0.4 is 11.0 Å². The van der Waals surface area contributed by atoms with Crippen LogP contribution in [0.4, 0.5) is 0 Å². The van der Waals surface area contributed by atoms with Gasteiger partial charge in [-0.25, -0.2) is 0 Å². The molecule has 0 rings (SSSR count). The van der Waals surface area contributed by atoms with Gasteiger partial charge in [0.2, 0.25) is 12.4 Å². The summed E-state index contributed by atoms with van der Waals surface area (Å²) in [6, 6.07) is 0. The van der Waals surface area contributed by atoms with Gasteiger partial charge in [0, 0.05) is 0 Å². The molecule has 0 atom stereocenters. The fourth-order valence-corrected chi connectivity index (χ4v) is 0.0789. The van der Waals surface area contributed by atoms with Crippen molar-refractivity contribution in [2.24, 2.45) is 0 Å². The maximum Gasteiger partial charge on any atom is 0.205 e. The zero-order chi connectivity index (χ0) is 6.24. The second-order valence-corrected chi connectivity index (χ2v) is 0.594. The summed E-state index contributed by atoms with van der Waals surface area (Å²) in [5.41, 5.74) is 3.31. The molecule has 42 valence electrons. The van der Waals surface area contributed by atoms with Crippen LogP contribution in [0.5, 0.6) is 0 Å². The lowest BCUT2D eigenvalue weighted by atomic mass is 11.4.